The van der Waals surface area contributed by atoms with Crippen LogP contribution in [0.25, 0.3) is 0 Å². The molecule has 0 aliphatic heterocycles. The number of hydrogen-bond acceptors (Lipinski definition) is 3. The first-order valence-corrected chi connectivity index (χ1v) is 6.48. The van der Waals surface area contributed by atoms with Gasteiger partial charge in [0.15, 0.2) is 0 Å². The Labute approximate surface area is 114 Å². The lowest BCUT2D eigenvalue weighted by atomic mass is 10.0. The Morgan fingerprint density at radius 2 is 2.06 bits per heavy atom. The van der Waals surface area contributed by atoms with Crippen molar-refractivity contribution in [1.82, 2.24) is 5.32 Å². The maximum atomic E-state index is 10.1. The Kier molecular flexibility index (Phi) is 5.45. The van der Waals surface area contributed by atoms with Crippen molar-refractivity contribution in [2.45, 2.75) is 38.8 Å². The number of hydrogen-bond donors (Lipinski definition) is 2. The summed E-state index contributed by atoms with van der Waals surface area (Å²) in [6, 6.07) is 5.37. The zero-order valence-electron chi connectivity index (χ0n) is 11.5. The molecule has 0 aliphatic carbocycles. The van der Waals surface area contributed by atoms with E-state index in [1.165, 1.54) is 0 Å². The number of methoxy groups -OCH3 is 1. The van der Waals surface area contributed by atoms with Crippen LogP contribution in [0.1, 0.15) is 38.9 Å². The van der Waals surface area contributed by atoms with Gasteiger partial charge in [0.05, 0.1) is 18.2 Å². The van der Waals surface area contributed by atoms with Gasteiger partial charge in [0, 0.05) is 5.54 Å². The van der Waals surface area contributed by atoms with E-state index in [4.69, 9.17) is 16.3 Å². The van der Waals surface area contributed by atoms with Gasteiger partial charge in [0.1, 0.15) is 5.75 Å². The highest BCUT2D eigenvalue weighted by atomic mass is 35.5. The van der Waals surface area contributed by atoms with Crippen molar-refractivity contribution in [3.8, 4) is 5.75 Å². The number of halogens is 1. The summed E-state index contributed by atoms with van der Waals surface area (Å²) in [6.45, 7) is 7.06. The smallest absolute Gasteiger partial charge is 0.137 e. The Balaban J connectivity index is 2.56. The lowest BCUT2D eigenvalue weighted by Crippen LogP contribution is -2.36. The van der Waals surface area contributed by atoms with E-state index < -0.39 is 6.10 Å². The molecule has 2 N–H and O–H groups in total. The van der Waals surface area contributed by atoms with E-state index in [0.29, 0.717) is 17.2 Å². The monoisotopic (exact) mass is 271 g/mol. The standard InChI is InChI=1S/C14H22ClNO2/c1-14(2,3)16-8-7-12(17)10-5-6-13(18-4)11(15)9-10/h5-6,9,12,16-17H,7-8H2,1-4H3. The first kappa shape index (κ1) is 15.3. The minimum absolute atomic E-state index is 0.0667. The molecule has 102 valence electrons. The molecule has 18 heavy (non-hydrogen) atoms. The predicted octanol–water partition coefficient (Wildman–Crippen LogP) is 3.16. The van der Waals surface area contributed by atoms with E-state index in [2.05, 4.69) is 26.1 Å². The summed E-state index contributed by atoms with van der Waals surface area (Å²) in [5, 5.41) is 13.9. The zero-order chi connectivity index (χ0) is 13.8. The van der Waals surface area contributed by atoms with Crippen LogP contribution in [0.4, 0.5) is 0 Å². The maximum absolute atomic E-state index is 10.1. The molecule has 0 aliphatic rings. The SMILES string of the molecule is COc1ccc(C(O)CCNC(C)(C)C)cc1Cl. The number of nitrogens with one attached hydrogen (secondary N) is 1. The number of aliphatic hydroxyl groups excluding tert-OH is 1. The predicted molar refractivity (Wildman–Crippen MR) is 75.3 cm³/mol. The summed E-state index contributed by atoms with van der Waals surface area (Å²) in [6.07, 6.45) is 0.142. The lowest BCUT2D eigenvalue weighted by Gasteiger charge is -2.21. The van der Waals surface area contributed by atoms with Gasteiger partial charge < -0.3 is 15.2 Å². The van der Waals surface area contributed by atoms with Crippen molar-refractivity contribution in [3.63, 3.8) is 0 Å². The highest BCUT2D eigenvalue weighted by Gasteiger charge is 2.13. The fourth-order valence-corrected chi connectivity index (χ4v) is 1.91. The minimum atomic E-state index is -0.511. The Morgan fingerprint density at radius 1 is 1.39 bits per heavy atom. The third-order valence-electron chi connectivity index (χ3n) is 2.63. The number of ether oxygens (including phenoxy) is 1. The second kappa shape index (κ2) is 6.41. The molecule has 0 heterocycles. The van der Waals surface area contributed by atoms with Crippen molar-refractivity contribution >= 4 is 11.6 Å². The molecule has 0 saturated heterocycles. The van der Waals surface area contributed by atoms with Gasteiger partial charge in [-0.2, -0.15) is 0 Å². The van der Waals surface area contributed by atoms with Gasteiger partial charge in [-0.3, -0.25) is 0 Å². The Bertz CT molecular complexity index is 388. The molecule has 0 aromatic heterocycles. The second-order valence-corrected chi connectivity index (χ2v) is 5.78. The minimum Gasteiger partial charge on any atom is -0.495 e. The van der Waals surface area contributed by atoms with Gasteiger partial charge in [-0.15, -0.1) is 0 Å². The van der Waals surface area contributed by atoms with Crippen LogP contribution in [0, 0.1) is 0 Å². The summed E-state index contributed by atoms with van der Waals surface area (Å²) in [4.78, 5) is 0. The Morgan fingerprint density at radius 3 is 2.56 bits per heavy atom. The highest BCUT2D eigenvalue weighted by molar-refractivity contribution is 6.32. The topological polar surface area (TPSA) is 41.5 Å². The highest BCUT2D eigenvalue weighted by Crippen LogP contribution is 2.28. The van der Waals surface area contributed by atoms with Crippen molar-refractivity contribution in [2.24, 2.45) is 0 Å². The van der Waals surface area contributed by atoms with Gasteiger partial charge in [0.25, 0.3) is 0 Å². The summed E-state index contributed by atoms with van der Waals surface area (Å²) >= 11 is 6.03. The van der Waals surface area contributed by atoms with Crippen molar-refractivity contribution in [1.29, 1.82) is 0 Å². The third-order valence-corrected chi connectivity index (χ3v) is 2.93. The van der Waals surface area contributed by atoms with Crippen LogP contribution in [0.15, 0.2) is 18.2 Å². The molecule has 1 unspecified atom stereocenters. The number of benzene rings is 1. The summed E-state index contributed by atoms with van der Waals surface area (Å²) in [5.41, 5.74) is 0.883. The average molecular weight is 272 g/mol. The molecule has 0 saturated carbocycles. The van der Waals surface area contributed by atoms with Crippen LogP contribution >= 0.6 is 11.6 Å². The fraction of sp³-hybridized carbons (Fsp3) is 0.571. The first-order valence-electron chi connectivity index (χ1n) is 6.10. The van der Waals surface area contributed by atoms with Crippen LogP contribution in [0.3, 0.4) is 0 Å². The van der Waals surface area contributed by atoms with Gasteiger partial charge in [-0.25, -0.2) is 0 Å². The van der Waals surface area contributed by atoms with E-state index in [-0.39, 0.29) is 5.54 Å². The van der Waals surface area contributed by atoms with Crippen LogP contribution in [0.2, 0.25) is 5.02 Å². The van der Waals surface area contributed by atoms with Crippen molar-refractivity contribution in [3.05, 3.63) is 28.8 Å². The van der Waals surface area contributed by atoms with Gasteiger partial charge >= 0.3 is 0 Å². The van der Waals surface area contributed by atoms with Gasteiger partial charge in [0.2, 0.25) is 0 Å². The fourth-order valence-electron chi connectivity index (χ4n) is 1.64. The molecule has 0 radical (unpaired) electrons. The lowest BCUT2D eigenvalue weighted by molar-refractivity contribution is 0.163. The summed E-state index contributed by atoms with van der Waals surface area (Å²) in [7, 11) is 1.57. The molecule has 4 heteroatoms. The second-order valence-electron chi connectivity index (χ2n) is 5.38. The van der Waals surface area contributed by atoms with E-state index >= 15 is 0 Å². The maximum Gasteiger partial charge on any atom is 0.137 e. The van der Waals surface area contributed by atoms with Crippen LogP contribution < -0.4 is 10.1 Å². The molecular weight excluding hydrogens is 250 g/mol. The van der Waals surface area contributed by atoms with Crippen LogP contribution in [0.5, 0.6) is 5.75 Å². The molecular formula is C14H22ClNO2. The quantitative estimate of drug-likeness (QED) is 0.864. The molecule has 0 spiro atoms. The van der Waals surface area contributed by atoms with E-state index in [1.54, 1.807) is 19.2 Å². The van der Waals surface area contributed by atoms with Crippen molar-refractivity contribution < 1.29 is 9.84 Å². The van der Waals surface area contributed by atoms with E-state index in [0.717, 1.165) is 12.1 Å². The normalized spacial score (nSPS) is 13.4. The molecule has 3 nitrogen and oxygen atoms in total. The molecule has 1 rings (SSSR count). The van der Waals surface area contributed by atoms with Gasteiger partial charge in [-0.1, -0.05) is 17.7 Å². The van der Waals surface area contributed by atoms with E-state index in [1.807, 2.05) is 6.07 Å². The van der Waals surface area contributed by atoms with Gasteiger partial charge in [-0.05, 0) is 51.4 Å². The third kappa shape index (κ3) is 4.84. The molecule has 1 aromatic carbocycles. The van der Waals surface area contributed by atoms with Crippen LogP contribution in [-0.4, -0.2) is 24.3 Å². The van der Waals surface area contributed by atoms with Crippen LogP contribution in [-0.2, 0) is 0 Å². The largest absolute Gasteiger partial charge is 0.495 e. The summed E-state index contributed by atoms with van der Waals surface area (Å²) in [5.74, 6) is 0.625. The first-order chi connectivity index (χ1) is 8.33. The summed E-state index contributed by atoms with van der Waals surface area (Å²) < 4.78 is 5.08. The zero-order valence-corrected chi connectivity index (χ0v) is 12.2. The number of aliphatic hydroxyl groups is 1. The average Bonchev–Trinajstić information content (AvgIpc) is 2.27. The number of rotatable bonds is 5. The van der Waals surface area contributed by atoms with E-state index in [9.17, 15) is 5.11 Å². The molecule has 0 bridgehead atoms. The molecule has 0 amide bonds. The molecule has 0 fully saturated rings. The molecule has 1 aromatic rings. The Hall–Kier alpha value is -0.770. The van der Waals surface area contributed by atoms with Crippen molar-refractivity contribution in [2.75, 3.05) is 13.7 Å². The molecule has 1 atom stereocenters.